The topological polar surface area (TPSA) is 393 Å². The summed E-state index contributed by atoms with van der Waals surface area (Å²) in [6.07, 6.45) is 27.2. The van der Waals surface area contributed by atoms with Crippen LogP contribution in [0.25, 0.3) is 78.8 Å². The second-order valence-electron chi connectivity index (χ2n) is 38.0. The summed E-state index contributed by atoms with van der Waals surface area (Å²) in [4.78, 5) is 59.8. The van der Waals surface area contributed by atoms with Gasteiger partial charge in [-0.1, -0.05) is 262 Å². The number of hydrogen-bond donors (Lipinski definition) is 8. The molecule has 6 fully saturated rings. The summed E-state index contributed by atoms with van der Waals surface area (Å²) in [5, 5.41) is 5.66. The predicted octanol–water partition coefficient (Wildman–Crippen LogP) is 27.6. The number of nitrogens with one attached hydrogen (secondary N) is 1. The first-order valence-electron chi connectivity index (χ1n) is 50.1. The molecule has 0 spiro atoms. The molecule has 0 radical (unpaired) electrons. The maximum Gasteiger partial charge on any atom is 0.416 e. The van der Waals surface area contributed by atoms with E-state index in [0.717, 1.165) is 206 Å². The number of benzene rings is 7. The Morgan fingerprint density at radius 3 is 0.836 bits per heavy atom. The Labute approximate surface area is 869 Å². The number of nitrogen functional groups attached to an aromatic ring is 7. The molecular weight excluding hydrogens is 1940 g/mol. The van der Waals surface area contributed by atoms with Gasteiger partial charge in [-0.3, -0.25) is 0 Å². The monoisotopic (exact) mass is 2060 g/mol. The number of alkyl halides is 6. The van der Waals surface area contributed by atoms with Crippen LogP contribution in [0.5, 0.6) is 11.5 Å². The van der Waals surface area contributed by atoms with E-state index >= 15 is 0 Å². The van der Waals surface area contributed by atoms with Gasteiger partial charge < -0.3 is 54.9 Å². The fourth-order valence-corrected chi connectivity index (χ4v) is 19.2. The molecule has 0 unspecified atom stereocenters. The molecule has 14 aromatic rings. The maximum atomic E-state index is 12.9. The molecule has 34 heteroatoms. The Kier molecular flexibility index (Phi) is 39.2. The fraction of sp³-hybridized carbons (Fsp3) is 0.375. The van der Waals surface area contributed by atoms with Gasteiger partial charge in [-0.25, -0.2) is 64.8 Å². The van der Waals surface area contributed by atoms with Crippen molar-refractivity contribution < 1.29 is 35.8 Å². The van der Waals surface area contributed by atoms with Crippen LogP contribution in [0.1, 0.15) is 206 Å². The first-order valence-corrected chi connectivity index (χ1v) is 51.7. The van der Waals surface area contributed by atoms with Crippen molar-refractivity contribution in [1.82, 2.24) is 69.8 Å². The molecule has 6 aliphatic carbocycles. The van der Waals surface area contributed by atoms with Crippen LogP contribution >= 0.6 is 46.4 Å². The number of rotatable bonds is 26. The molecule has 20 rings (SSSR count). The van der Waals surface area contributed by atoms with Gasteiger partial charge in [0.2, 0.25) is 41.6 Å². The Morgan fingerprint density at radius 1 is 0.295 bits per heavy atom. The minimum Gasteiger partial charge on any atom is -0.497 e. The highest BCUT2D eigenvalue weighted by atomic mass is 35.5. The number of nitrogens with two attached hydrogens (primary N) is 7. The molecule has 766 valence electrons. The lowest BCUT2D eigenvalue weighted by Crippen LogP contribution is -2.15. The highest BCUT2D eigenvalue weighted by Gasteiger charge is 2.33. The van der Waals surface area contributed by atoms with Crippen molar-refractivity contribution in [3.63, 3.8) is 0 Å². The number of aromatic nitrogens is 14. The molecule has 7 aromatic carbocycles. The average molecular weight is 2070 g/mol. The van der Waals surface area contributed by atoms with Crippen molar-refractivity contribution in [3.8, 4) is 90.3 Å². The van der Waals surface area contributed by atoms with E-state index in [0.29, 0.717) is 79.7 Å². The third kappa shape index (κ3) is 33.2. The zero-order chi connectivity index (χ0) is 103. The summed E-state index contributed by atoms with van der Waals surface area (Å²) in [7, 11) is 3.33. The largest absolute Gasteiger partial charge is 0.497 e. The zero-order valence-corrected chi connectivity index (χ0v) is 85.4. The number of hydrogen-bond acceptors (Lipinski definition) is 24. The van der Waals surface area contributed by atoms with Crippen molar-refractivity contribution in [1.29, 1.82) is 0 Å². The van der Waals surface area contributed by atoms with E-state index < -0.39 is 23.5 Å². The normalized spacial score (nSPS) is 14.7. The van der Waals surface area contributed by atoms with Gasteiger partial charge in [-0.2, -0.15) is 31.3 Å². The summed E-state index contributed by atoms with van der Waals surface area (Å²) in [6, 6.07) is 60.2. The molecule has 0 amide bonds. The number of ether oxygens (including phenoxy) is 2. The van der Waals surface area contributed by atoms with Crippen molar-refractivity contribution >= 4 is 93.9 Å². The minimum atomic E-state index is -4.37. The highest BCUT2D eigenvalue weighted by molar-refractivity contribution is 6.43. The van der Waals surface area contributed by atoms with E-state index in [4.69, 9.17) is 96.0 Å². The lowest BCUT2D eigenvalue weighted by Gasteiger charge is -2.24. The summed E-state index contributed by atoms with van der Waals surface area (Å²) in [5.41, 5.74) is 55.8. The van der Waals surface area contributed by atoms with Gasteiger partial charge in [-0.05, 0) is 220 Å². The van der Waals surface area contributed by atoms with Crippen LogP contribution in [0, 0.1) is 35.5 Å². The van der Waals surface area contributed by atoms with Crippen LogP contribution in [-0.4, -0.2) is 90.5 Å². The summed E-state index contributed by atoms with van der Waals surface area (Å²) >= 11 is 24.1. The van der Waals surface area contributed by atoms with Crippen molar-refractivity contribution in [3.05, 3.63) is 272 Å². The van der Waals surface area contributed by atoms with E-state index in [1.165, 1.54) is 160 Å². The third-order valence-electron chi connectivity index (χ3n) is 26.9. The number of nitrogens with zero attached hydrogens (tertiary/aromatic N) is 14. The van der Waals surface area contributed by atoms with E-state index in [-0.39, 0.29) is 17.8 Å². The van der Waals surface area contributed by atoms with Crippen LogP contribution in [0.15, 0.2) is 206 Å². The first kappa shape index (κ1) is 109. The first-order chi connectivity index (χ1) is 70.3. The summed E-state index contributed by atoms with van der Waals surface area (Å²) in [5.74, 6) is 8.44. The van der Waals surface area contributed by atoms with Gasteiger partial charge in [0.1, 0.15) is 17.3 Å². The van der Waals surface area contributed by atoms with E-state index in [1.54, 1.807) is 44.6 Å². The van der Waals surface area contributed by atoms with Gasteiger partial charge in [-0.15, -0.1) is 0 Å². The predicted molar refractivity (Wildman–Crippen MR) is 574 cm³/mol. The van der Waals surface area contributed by atoms with Gasteiger partial charge in [0.05, 0.1) is 75.2 Å². The van der Waals surface area contributed by atoms with Crippen LogP contribution < -0.4 is 54.9 Å². The smallest absolute Gasteiger partial charge is 0.416 e. The molecule has 15 N–H and O–H groups in total. The minimum absolute atomic E-state index is 0.101. The highest BCUT2D eigenvalue weighted by Crippen LogP contribution is 2.41. The van der Waals surface area contributed by atoms with Crippen LogP contribution in [0.2, 0.25) is 20.1 Å². The Bertz CT molecular complexity index is 6570. The summed E-state index contributed by atoms with van der Waals surface area (Å²) < 4.78 is 87.3. The average Bonchev–Trinajstić information content (AvgIpc) is 1.01. The molecular formula is C112H126Cl4F6N22O2. The van der Waals surface area contributed by atoms with Crippen LogP contribution in [-0.2, 0) is 50.9 Å². The molecule has 0 atom stereocenters. The van der Waals surface area contributed by atoms with E-state index in [2.05, 4.69) is 100 Å². The van der Waals surface area contributed by atoms with E-state index in [1.807, 2.05) is 121 Å². The quantitative estimate of drug-likeness (QED) is 0.0184. The number of halogens is 10. The van der Waals surface area contributed by atoms with Gasteiger partial charge in [0.25, 0.3) is 0 Å². The zero-order valence-electron chi connectivity index (χ0n) is 82.4. The third-order valence-corrected chi connectivity index (χ3v) is 28.3. The molecule has 0 aliphatic heterocycles. The second kappa shape index (κ2) is 52.8. The number of methoxy groups -OCH3 is 2. The molecule has 24 nitrogen and oxygen atoms in total. The van der Waals surface area contributed by atoms with Crippen molar-refractivity contribution in [2.24, 2.45) is 35.5 Å². The van der Waals surface area contributed by atoms with Gasteiger partial charge in [0.15, 0.2) is 0 Å². The van der Waals surface area contributed by atoms with Gasteiger partial charge >= 0.3 is 12.4 Å². The Balaban J connectivity index is 0.000000135. The van der Waals surface area contributed by atoms with Gasteiger partial charge in [0, 0.05) is 95.8 Å². The standard InChI is InChI=1S/C17H18F3N3.C17H21N3O.C16H18ClN3.C16H16F3N3.C16H19N3O.C15H18Cl2N4.C15H16ClN3/c18-17(19,20)13-7-3-6-12(9-13)15-10-14(22-16(21)23-15)8-11-4-1-2-5-11;1-21-15-8-6-13(7-9-15)16-11-14(19-17(18)20-16)10-12-4-2-3-5-12;17-13-7-5-12(6-8-13)15-10-14(19-16(18)20-15)9-11-3-1-2-4-11;17-16(18,19)12-6-2-5-11(8-12)14-9-13(21-15(20)22-14)7-10-3-1-4-10;1-20-14-7-5-12(6-8-14)15-10-13(18-16(17)19-15)9-11-3-2-4-11;1-2-3-4-8-19-13-9-12(20-15(18)21-13)10-6-5-7-11(16)14(10)17;16-12-6-4-11(5-7-12)14-9-13(18-15(17)19-14)8-10-2-1-3-10/h3,6-7,9-11H,1-2,4-5,8H2,(H2,21,22,23);6-9,11-12H,2-5,10H2,1H3,(H2,18,19,20);5-8,10-11H,1-4,9H2,(H2,18,19,20);2,5-6,8-10H,1,3-4,7H2,(H2,20,21,22);5-8,10-11H,2-4,9H2,1H3,(H2,17,18,19);5-7,9H,2-4,8H2,1H3,(H3,18,19,20,21);4-7,9-10H,1-3,8H2,(H2,17,18,19). The molecule has 146 heavy (non-hydrogen) atoms. The lowest BCUT2D eigenvalue weighted by atomic mass is 9.82. The van der Waals surface area contributed by atoms with Crippen molar-refractivity contribution in [2.45, 2.75) is 212 Å². The Morgan fingerprint density at radius 2 is 0.562 bits per heavy atom. The SMILES string of the molecule is CCCCCNc1cc(-c2cccc(Cl)c2Cl)nc(N)n1.COc1ccc(-c2cc(CC3CCC3)nc(N)n2)cc1.COc1ccc(-c2cc(CC3CCCC3)nc(N)n2)cc1.Nc1nc(CC2CCC2)cc(-c2ccc(Cl)cc2)n1.Nc1nc(CC2CCC2)cc(-c2cccc(C(F)(F)F)c2)n1.Nc1nc(CC2CCCC2)cc(-c2ccc(Cl)cc2)n1.Nc1nc(CC2CCCC2)cc(-c2cccc(C(F)(F)F)c2)n1. The van der Waals surface area contributed by atoms with Crippen molar-refractivity contribution in [2.75, 3.05) is 66.2 Å². The van der Waals surface area contributed by atoms with E-state index in [9.17, 15) is 26.3 Å². The molecule has 0 bridgehead atoms. The van der Waals surface area contributed by atoms with Crippen LogP contribution in [0.3, 0.4) is 0 Å². The molecule has 6 aliphatic rings. The second-order valence-corrected chi connectivity index (χ2v) is 39.7. The summed E-state index contributed by atoms with van der Waals surface area (Å²) in [6.45, 7) is 3.02. The molecule has 7 aromatic heterocycles. The molecule has 7 heterocycles. The molecule has 0 saturated heterocycles. The molecule has 6 saturated carbocycles. The number of anilines is 8. The van der Waals surface area contributed by atoms with Crippen LogP contribution in [0.4, 0.5) is 73.8 Å². The fourth-order valence-electron chi connectivity index (χ4n) is 18.6. The number of unbranched alkanes of at least 4 members (excludes halogenated alkanes) is 2. The lowest BCUT2D eigenvalue weighted by molar-refractivity contribution is -0.138. The maximum absolute atomic E-state index is 12.9. The Hall–Kier alpha value is -13.2.